The van der Waals surface area contributed by atoms with E-state index in [2.05, 4.69) is 12.2 Å². The maximum Gasteiger partial charge on any atom is 0.226 e. The first kappa shape index (κ1) is 13.9. The summed E-state index contributed by atoms with van der Waals surface area (Å²) in [6, 6.07) is 0.413. The average Bonchev–Trinajstić information content (AvgIpc) is 3.08. The van der Waals surface area contributed by atoms with Crippen molar-refractivity contribution < 1.29 is 4.79 Å². The van der Waals surface area contributed by atoms with Gasteiger partial charge in [-0.2, -0.15) is 0 Å². The minimum atomic E-state index is 0.0423. The third-order valence-corrected chi connectivity index (χ3v) is 8.31. The predicted octanol–water partition coefficient (Wildman–Crippen LogP) is 4.14. The van der Waals surface area contributed by atoms with Crippen molar-refractivity contribution in [1.29, 1.82) is 0 Å². The number of carbonyl (C=O) groups is 1. The molecule has 6 bridgehead atoms. The number of hydrogen-bond donors (Lipinski definition) is 1. The smallest absolute Gasteiger partial charge is 0.226 e. The number of fused-ring (bicyclic) bond motifs is 2. The molecule has 1 amide bonds. The number of hydrogen-bond acceptors (Lipinski definition) is 1. The maximum atomic E-state index is 13.2. The van der Waals surface area contributed by atoms with E-state index in [9.17, 15) is 4.79 Å². The van der Waals surface area contributed by atoms with Crippen molar-refractivity contribution >= 4 is 5.91 Å². The third-order valence-electron chi connectivity index (χ3n) is 8.31. The van der Waals surface area contributed by atoms with Crippen LogP contribution in [0.1, 0.15) is 71.1 Å². The Kier molecular flexibility index (Phi) is 2.99. The van der Waals surface area contributed by atoms with Crippen LogP contribution in [0.15, 0.2) is 0 Å². The van der Waals surface area contributed by atoms with Gasteiger partial charge >= 0.3 is 0 Å². The van der Waals surface area contributed by atoms with Crippen molar-refractivity contribution in [3.63, 3.8) is 0 Å². The first-order valence-electron chi connectivity index (χ1n) is 9.92. The molecule has 6 aliphatic rings. The van der Waals surface area contributed by atoms with Gasteiger partial charge in [0.15, 0.2) is 0 Å². The van der Waals surface area contributed by atoms with E-state index >= 15 is 0 Å². The molecule has 122 valence electrons. The molecule has 0 aromatic carbocycles. The number of carbonyl (C=O) groups excluding carboxylic acids is 1. The lowest BCUT2D eigenvalue weighted by molar-refractivity contribution is -0.147. The summed E-state index contributed by atoms with van der Waals surface area (Å²) in [6.45, 7) is 2.30. The van der Waals surface area contributed by atoms with E-state index in [1.54, 1.807) is 0 Å². The van der Waals surface area contributed by atoms with Crippen LogP contribution in [0.4, 0.5) is 0 Å². The summed E-state index contributed by atoms with van der Waals surface area (Å²) in [5, 5.41) is 3.52. The molecule has 0 aromatic heterocycles. The first-order chi connectivity index (χ1) is 10.6. The van der Waals surface area contributed by atoms with Crippen LogP contribution in [0, 0.1) is 40.9 Å². The van der Waals surface area contributed by atoms with E-state index in [0.717, 1.165) is 35.5 Å². The molecule has 0 spiro atoms. The molecule has 0 unspecified atom stereocenters. The number of rotatable bonds is 3. The standard InChI is InChI=1S/C20H31NO/c1-12(18-8-13-2-3-17(18)7-13)21-19(22)20-9-14-4-15(10-20)6-16(5-14)11-20/h12-18H,2-11H2,1H3,(H,21,22)/t12-,13+,14?,15?,16?,17+,18+,20?/m0/s1. The molecule has 0 aromatic rings. The lowest BCUT2D eigenvalue weighted by atomic mass is 9.49. The van der Waals surface area contributed by atoms with Gasteiger partial charge in [0.25, 0.3) is 0 Å². The zero-order valence-electron chi connectivity index (χ0n) is 14.0. The number of nitrogens with one attached hydrogen (secondary N) is 1. The van der Waals surface area contributed by atoms with E-state index in [1.165, 1.54) is 64.2 Å². The average molecular weight is 301 g/mol. The van der Waals surface area contributed by atoms with E-state index in [4.69, 9.17) is 0 Å². The summed E-state index contributed by atoms with van der Waals surface area (Å²) in [7, 11) is 0. The van der Waals surface area contributed by atoms with Crippen LogP contribution in [-0.2, 0) is 4.79 Å². The highest BCUT2D eigenvalue weighted by atomic mass is 16.2. The molecule has 6 saturated carbocycles. The topological polar surface area (TPSA) is 29.1 Å². The summed E-state index contributed by atoms with van der Waals surface area (Å²) >= 11 is 0. The lowest BCUT2D eigenvalue weighted by Crippen LogP contribution is -2.55. The van der Waals surface area contributed by atoms with Crippen molar-refractivity contribution in [1.82, 2.24) is 5.32 Å². The highest BCUT2D eigenvalue weighted by molar-refractivity contribution is 5.83. The van der Waals surface area contributed by atoms with E-state index in [0.29, 0.717) is 11.9 Å². The Labute approximate surface area is 134 Å². The van der Waals surface area contributed by atoms with Crippen LogP contribution in [0.3, 0.4) is 0 Å². The SMILES string of the molecule is C[C@H](NC(=O)C12CC3CC(CC(C3)C1)C2)[C@H]1C[C@@H]2CC[C@@H]1C2. The zero-order valence-corrected chi connectivity index (χ0v) is 14.0. The molecule has 6 rings (SSSR count). The molecular weight excluding hydrogens is 270 g/mol. The molecule has 0 heterocycles. The molecule has 0 radical (unpaired) electrons. The van der Waals surface area contributed by atoms with Crippen molar-refractivity contribution in [2.24, 2.45) is 40.9 Å². The Morgan fingerprint density at radius 3 is 2.05 bits per heavy atom. The Hall–Kier alpha value is -0.530. The van der Waals surface area contributed by atoms with Gasteiger partial charge in [-0.05, 0) is 100 Å². The molecule has 22 heavy (non-hydrogen) atoms. The highest BCUT2D eigenvalue weighted by Gasteiger charge is 2.55. The quantitative estimate of drug-likeness (QED) is 0.834. The largest absolute Gasteiger partial charge is 0.353 e. The zero-order chi connectivity index (χ0) is 14.9. The first-order valence-corrected chi connectivity index (χ1v) is 9.92. The van der Waals surface area contributed by atoms with Gasteiger partial charge in [-0.15, -0.1) is 0 Å². The second-order valence-electron chi connectivity index (χ2n) is 9.80. The maximum absolute atomic E-state index is 13.2. The molecule has 4 atom stereocenters. The van der Waals surface area contributed by atoms with Crippen LogP contribution >= 0.6 is 0 Å². The van der Waals surface area contributed by atoms with Crippen LogP contribution in [0.2, 0.25) is 0 Å². The van der Waals surface area contributed by atoms with E-state index in [1.807, 2.05) is 0 Å². The van der Waals surface area contributed by atoms with Crippen LogP contribution in [-0.4, -0.2) is 11.9 Å². The second-order valence-corrected chi connectivity index (χ2v) is 9.80. The Morgan fingerprint density at radius 1 is 0.909 bits per heavy atom. The number of amides is 1. The van der Waals surface area contributed by atoms with Gasteiger partial charge in [-0.1, -0.05) is 6.42 Å². The fourth-order valence-corrected chi connectivity index (χ4v) is 7.76. The molecule has 0 saturated heterocycles. The highest BCUT2D eigenvalue weighted by Crippen LogP contribution is 2.60. The van der Waals surface area contributed by atoms with Crippen molar-refractivity contribution in [3.05, 3.63) is 0 Å². The van der Waals surface area contributed by atoms with Crippen LogP contribution in [0.25, 0.3) is 0 Å². The second kappa shape index (κ2) is 4.74. The summed E-state index contributed by atoms with van der Waals surface area (Å²) in [6.07, 6.45) is 13.6. The lowest BCUT2D eigenvalue weighted by Gasteiger charge is -2.56. The molecular formula is C20H31NO. The van der Waals surface area contributed by atoms with Gasteiger partial charge in [-0.3, -0.25) is 4.79 Å². The molecule has 2 nitrogen and oxygen atoms in total. The van der Waals surface area contributed by atoms with Gasteiger partial charge in [0.2, 0.25) is 5.91 Å². The molecule has 1 N–H and O–H groups in total. The van der Waals surface area contributed by atoms with Crippen molar-refractivity contribution in [3.8, 4) is 0 Å². The van der Waals surface area contributed by atoms with E-state index < -0.39 is 0 Å². The van der Waals surface area contributed by atoms with Crippen LogP contribution in [0.5, 0.6) is 0 Å². The normalized spacial score (nSPS) is 53.0. The van der Waals surface area contributed by atoms with Gasteiger partial charge in [0.1, 0.15) is 0 Å². The summed E-state index contributed by atoms with van der Waals surface area (Å²) < 4.78 is 0. The third kappa shape index (κ3) is 2.01. The van der Waals surface area contributed by atoms with Gasteiger partial charge < -0.3 is 5.32 Å². The fraction of sp³-hybridized carbons (Fsp3) is 0.950. The fourth-order valence-electron chi connectivity index (χ4n) is 7.76. The summed E-state index contributed by atoms with van der Waals surface area (Å²) in [5.41, 5.74) is 0.0423. The van der Waals surface area contributed by atoms with Gasteiger partial charge in [0.05, 0.1) is 0 Å². The van der Waals surface area contributed by atoms with Gasteiger partial charge in [-0.25, -0.2) is 0 Å². The Balaban J connectivity index is 1.29. The predicted molar refractivity (Wildman–Crippen MR) is 87.1 cm³/mol. The van der Waals surface area contributed by atoms with E-state index in [-0.39, 0.29) is 5.41 Å². The molecule has 6 aliphatic carbocycles. The van der Waals surface area contributed by atoms with Crippen molar-refractivity contribution in [2.45, 2.75) is 77.2 Å². The Morgan fingerprint density at radius 2 is 1.55 bits per heavy atom. The molecule has 2 heteroatoms. The van der Waals surface area contributed by atoms with Crippen molar-refractivity contribution in [2.75, 3.05) is 0 Å². The monoisotopic (exact) mass is 301 g/mol. The summed E-state index contributed by atoms with van der Waals surface area (Å²) in [5.74, 6) is 5.73. The van der Waals surface area contributed by atoms with Crippen LogP contribution < -0.4 is 5.32 Å². The minimum absolute atomic E-state index is 0.0423. The molecule has 0 aliphatic heterocycles. The Bertz CT molecular complexity index is 449. The van der Waals surface area contributed by atoms with Gasteiger partial charge in [0, 0.05) is 11.5 Å². The summed E-state index contributed by atoms with van der Waals surface area (Å²) in [4.78, 5) is 13.2. The molecule has 6 fully saturated rings. The minimum Gasteiger partial charge on any atom is -0.353 e.